The van der Waals surface area contributed by atoms with Crippen molar-refractivity contribution in [3.8, 4) is 0 Å². The molecule has 3 rings (SSSR count). The second kappa shape index (κ2) is 7.62. The molecule has 1 unspecified atom stereocenters. The van der Waals surface area contributed by atoms with E-state index >= 15 is 0 Å². The third-order valence-electron chi connectivity index (χ3n) is 5.02. The molecule has 2 amide bonds. The predicted octanol–water partition coefficient (Wildman–Crippen LogP) is 3.27. The molecule has 1 aliphatic carbocycles. The Bertz CT molecular complexity index is 536. The molecule has 2 fully saturated rings. The Balaban J connectivity index is 1.57. The van der Waals surface area contributed by atoms with Crippen LogP contribution >= 0.6 is 0 Å². The van der Waals surface area contributed by atoms with Crippen LogP contribution in [0.5, 0.6) is 0 Å². The molecular formula is C19H26N2O2. The maximum absolute atomic E-state index is 12.5. The number of carbonyl (C=O) groups excluding carboxylic acids is 2. The zero-order chi connectivity index (χ0) is 16.1. The van der Waals surface area contributed by atoms with E-state index in [1.54, 1.807) is 4.90 Å². The first-order chi connectivity index (χ1) is 11.2. The van der Waals surface area contributed by atoms with Crippen LogP contribution in [-0.2, 0) is 9.59 Å². The molecule has 1 aromatic carbocycles. The lowest BCUT2D eigenvalue weighted by atomic mass is 9.96. The summed E-state index contributed by atoms with van der Waals surface area (Å²) in [5, 5.41) is 3.20. The van der Waals surface area contributed by atoms with Crippen molar-refractivity contribution in [2.45, 2.75) is 57.4 Å². The molecule has 1 aromatic rings. The highest BCUT2D eigenvalue weighted by atomic mass is 16.2. The van der Waals surface area contributed by atoms with Gasteiger partial charge in [-0.05, 0) is 25.0 Å². The SMILES string of the molecule is O=C(NC1CCCCCCC1)C1CC(=O)N(c2ccccc2)C1. The van der Waals surface area contributed by atoms with E-state index in [-0.39, 0.29) is 17.7 Å². The van der Waals surface area contributed by atoms with Crippen LogP contribution in [0, 0.1) is 5.92 Å². The number of nitrogens with zero attached hydrogens (tertiary/aromatic N) is 1. The van der Waals surface area contributed by atoms with E-state index in [2.05, 4.69) is 5.32 Å². The zero-order valence-electron chi connectivity index (χ0n) is 13.7. The van der Waals surface area contributed by atoms with Gasteiger partial charge in [0.2, 0.25) is 11.8 Å². The van der Waals surface area contributed by atoms with Crippen LogP contribution in [-0.4, -0.2) is 24.4 Å². The lowest BCUT2D eigenvalue weighted by Crippen LogP contribution is -2.40. The van der Waals surface area contributed by atoms with Gasteiger partial charge in [-0.15, -0.1) is 0 Å². The normalized spacial score (nSPS) is 23.4. The van der Waals surface area contributed by atoms with Gasteiger partial charge in [-0.25, -0.2) is 0 Å². The van der Waals surface area contributed by atoms with E-state index in [0.29, 0.717) is 19.0 Å². The molecule has 124 valence electrons. The summed E-state index contributed by atoms with van der Waals surface area (Å²) in [6.07, 6.45) is 8.75. The molecule has 4 nitrogen and oxygen atoms in total. The van der Waals surface area contributed by atoms with Gasteiger partial charge < -0.3 is 10.2 Å². The topological polar surface area (TPSA) is 49.4 Å². The van der Waals surface area contributed by atoms with Gasteiger partial charge in [-0.3, -0.25) is 9.59 Å². The smallest absolute Gasteiger partial charge is 0.227 e. The first kappa shape index (κ1) is 16.0. The minimum Gasteiger partial charge on any atom is -0.353 e. The first-order valence-electron chi connectivity index (χ1n) is 8.90. The Morgan fingerprint density at radius 2 is 1.65 bits per heavy atom. The van der Waals surface area contributed by atoms with Crippen molar-refractivity contribution in [2.24, 2.45) is 5.92 Å². The summed E-state index contributed by atoms with van der Waals surface area (Å²) >= 11 is 0. The number of rotatable bonds is 3. The summed E-state index contributed by atoms with van der Waals surface area (Å²) in [4.78, 5) is 26.5. The summed E-state index contributed by atoms with van der Waals surface area (Å²) in [5.74, 6) is -0.107. The molecule has 1 N–H and O–H groups in total. The van der Waals surface area contributed by atoms with Crippen molar-refractivity contribution in [1.29, 1.82) is 0 Å². The summed E-state index contributed by atoms with van der Waals surface area (Å²) in [6, 6.07) is 9.92. The Morgan fingerprint density at radius 3 is 2.35 bits per heavy atom. The quantitative estimate of drug-likeness (QED) is 0.931. The van der Waals surface area contributed by atoms with E-state index in [0.717, 1.165) is 18.5 Å². The van der Waals surface area contributed by atoms with E-state index in [4.69, 9.17) is 0 Å². The molecule has 0 spiro atoms. The molecule has 1 atom stereocenters. The summed E-state index contributed by atoms with van der Waals surface area (Å²) < 4.78 is 0. The van der Waals surface area contributed by atoms with E-state index < -0.39 is 0 Å². The number of hydrogen-bond donors (Lipinski definition) is 1. The highest BCUT2D eigenvalue weighted by molar-refractivity contribution is 6.00. The van der Waals surface area contributed by atoms with Crippen molar-refractivity contribution in [2.75, 3.05) is 11.4 Å². The average molecular weight is 314 g/mol. The molecule has 1 saturated heterocycles. The van der Waals surface area contributed by atoms with Crippen LogP contribution in [0.4, 0.5) is 5.69 Å². The lowest BCUT2D eigenvalue weighted by molar-refractivity contribution is -0.127. The van der Waals surface area contributed by atoms with Crippen LogP contribution in [0.25, 0.3) is 0 Å². The largest absolute Gasteiger partial charge is 0.353 e. The number of benzene rings is 1. The van der Waals surface area contributed by atoms with Crippen LogP contribution < -0.4 is 10.2 Å². The minimum atomic E-state index is -0.215. The monoisotopic (exact) mass is 314 g/mol. The van der Waals surface area contributed by atoms with Crippen molar-refractivity contribution >= 4 is 17.5 Å². The fraction of sp³-hybridized carbons (Fsp3) is 0.579. The van der Waals surface area contributed by atoms with Gasteiger partial charge in [0.05, 0.1) is 5.92 Å². The molecule has 23 heavy (non-hydrogen) atoms. The van der Waals surface area contributed by atoms with E-state index in [1.807, 2.05) is 30.3 Å². The number of carbonyl (C=O) groups is 2. The van der Waals surface area contributed by atoms with Gasteiger partial charge in [0.15, 0.2) is 0 Å². The second-order valence-corrected chi connectivity index (χ2v) is 6.79. The molecule has 0 bridgehead atoms. The highest BCUT2D eigenvalue weighted by Gasteiger charge is 2.35. The molecular weight excluding hydrogens is 288 g/mol. The summed E-state index contributed by atoms with van der Waals surface area (Å²) in [6.45, 7) is 0.501. The molecule has 0 radical (unpaired) electrons. The Labute approximate surface area is 138 Å². The van der Waals surface area contributed by atoms with Gasteiger partial charge in [0.25, 0.3) is 0 Å². The number of amides is 2. The minimum absolute atomic E-state index is 0.0500. The molecule has 0 aromatic heterocycles. The van der Waals surface area contributed by atoms with Gasteiger partial charge >= 0.3 is 0 Å². The molecule has 1 heterocycles. The summed E-state index contributed by atoms with van der Waals surface area (Å²) in [7, 11) is 0. The number of nitrogens with one attached hydrogen (secondary N) is 1. The van der Waals surface area contributed by atoms with Crippen molar-refractivity contribution in [1.82, 2.24) is 5.32 Å². The maximum Gasteiger partial charge on any atom is 0.227 e. The molecule has 2 aliphatic rings. The standard InChI is InChI=1S/C19H26N2O2/c22-18-13-15(14-21(18)17-11-7-4-8-12-17)19(23)20-16-9-5-2-1-3-6-10-16/h4,7-8,11-12,15-16H,1-3,5-6,9-10,13-14H2,(H,20,23). The van der Waals surface area contributed by atoms with Crippen LogP contribution in [0.2, 0.25) is 0 Å². The Kier molecular flexibility index (Phi) is 5.31. The fourth-order valence-corrected chi connectivity index (χ4v) is 3.66. The van der Waals surface area contributed by atoms with E-state index in [1.165, 1.54) is 32.1 Å². The van der Waals surface area contributed by atoms with Gasteiger partial charge in [-0.1, -0.05) is 50.3 Å². The predicted molar refractivity (Wildman–Crippen MR) is 91.2 cm³/mol. The van der Waals surface area contributed by atoms with E-state index in [9.17, 15) is 9.59 Å². The molecule has 1 aliphatic heterocycles. The summed E-state index contributed by atoms with van der Waals surface area (Å²) in [5.41, 5.74) is 0.888. The fourth-order valence-electron chi connectivity index (χ4n) is 3.66. The van der Waals surface area contributed by atoms with Crippen molar-refractivity contribution in [3.05, 3.63) is 30.3 Å². The molecule has 1 saturated carbocycles. The number of hydrogen-bond acceptors (Lipinski definition) is 2. The van der Waals surface area contributed by atoms with Gasteiger partial charge in [0.1, 0.15) is 0 Å². The third-order valence-corrected chi connectivity index (χ3v) is 5.02. The van der Waals surface area contributed by atoms with Crippen LogP contribution in [0.3, 0.4) is 0 Å². The van der Waals surface area contributed by atoms with Crippen LogP contribution in [0.1, 0.15) is 51.4 Å². The second-order valence-electron chi connectivity index (χ2n) is 6.79. The van der Waals surface area contributed by atoms with Crippen molar-refractivity contribution < 1.29 is 9.59 Å². The number of para-hydroxylation sites is 1. The zero-order valence-corrected chi connectivity index (χ0v) is 13.7. The number of anilines is 1. The average Bonchev–Trinajstić information content (AvgIpc) is 2.93. The first-order valence-corrected chi connectivity index (χ1v) is 8.90. The highest BCUT2D eigenvalue weighted by Crippen LogP contribution is 2.25. The third kappa shape index (κ3) is 4.12. The van der Waals surface area contributed by atoms with Gasteiger partial charge in [0, 0.05) is 24.7 Å². The van der Waals surface area contributed by atoms with Crippen LogP contribution in [0.15, 0.2) is 30.3 Å². The Hall–Kier alpha value is -1.84. The Morgan fingerprint density at radius 1 is 1.00 bits per heavy atom. The molecule has 4 heteroatoms. The lowest BCUT2D eigenvalue weighted by Gasteiger charge is -2.23. The van der Waals surface area contributed by atoms with Crippen molar-refractivity contribution in [3.63, 3.8) is 0 Å². The maximum atomic E-state index is 12.5. The van der Waals surface area contributed by atoms with Gasteiger partial charge in [-0.2, -0.15) is 0 Å².